The molecule has 0 unspecified atom stereocenters. The van der Waals surface area contributed by atoms with Gasteiger partial charge in [-0.2, -0.15) is 4.57 Å². The van der Waals surface area contributed by atoms with Crippen LogP contribution in [0.25, 0.3) is 28.1 Å². The zero-order valence-electron chi connectivity index (χ0n) is 13.0. The van der Waals surface area contributed by atoms with Crippen LogP contribution in [0.2, 0.25) is 0 Å². The van der Waals surface area contributed by atoms with Gasteiger partial charge in [-0.3, -0.25) is 0 Å². The third kappa shape index (κ3) is 2.79. The van der Waals surface area contributed by atoms with Gasteiger partial charge in [0, 0.05) is 28.4 Å². The number of H-pyrrole nitrogens is 1. The summed E-state index contributed by atoms with van der Waals surface area (Å²) in [5.74, 6) is 0. The lowest BCUT2D eigenvalue weighted by Gasteiger charge is -2.04. The maximum absolute atomic E-state index is 3.51. The van der Waals surface area contributed by atoms with Gasteiger partial charge in [0.2, 0.25) is 5.69 Å². The molecule has 0 saturated carbocycles. The SMILES string of the molecule is Brc1ccc(-c2c[nH]c(-c3ccccc3)c2-[n+]2ccccc2)cc1. The zero-order valence-corrected chi connectivity index (χ0v) is 14.6. The Bertz CT molecular complexity index is 942. The fourth-order valence-electron chi connectivity index (χ4n) is 2.91. The van der Waals surface area contributed by atoms with Crippen molar-refractivity contribution in [3.05, 3.63) is 95.9 Å². The van der Waals surface area contributed by atoms with Crippen molar-refractivity contribution >= 4 is 15.9 Å². The summed E-state index contributed by atoms with van der Waals surface area (Å²) in [4.78, 5) is 3.47. The Morgan fingerprint density at radius 2 is 1.38 bits per heavy atom. The van der Waals surface area contributed by atoms with Gasteiger partial charge in [0.15, 0.2) is 12.4 Å². The summed E-state index contributed by atoms with van der Waals surface area (Å²) in [7, 11) is 0. The number of aromatic amines is 1. The van der Waals surface area contributed by atoms with Gasteiger partial charge in [-0.25, -0.2) is 0 Å². The van der Waals surface area contributed by atoms with E-state index in [1.807, 2.05) is 24.3 Å². The van der Waals surface area contributed by atoms with Crippen LogP contribution in [0.1, 0.15) is 0 Å². The quantitative estimate of drug-likeness (QED) is 0.463. The molecular formula is C21H16BrN2+. The summed E-state index contributed by atoms with van der Waals surface area (Å²) in [6, 6.07) is 25.0. The molecule has 0 fully saturated rings. The van der Waals surface area contributed by atoms with Crippen LogP contribution in [0.3, 0.4) is 0 Å². The molecule has 1 N–H and O–H groups in total. The molecule has 3 heteroatoms. The minimum Gasteiger partial charge on any atom is -0.355 e. The minimum atomic E-state index is 1.08. The summed E-state index contributed by atoms with van der Waals surface area (Å²) in [6.45, 7) is 0. The summed E-state index contributed by atoms with van der Waals surface area (Å²) in [5, 5.41) is 0. The lowest BCUT2D eigenvalue weighted by Crippen LogP contribution is -2.30. The standard InChI is InChI=1S/C21H16BrN2/c22-18-11-9-16(10-12-18)19-15-23-20(17-7-3-1-4-8-17)21(19)24-13-5-2-6-14-24/h1-15,23H/q+1. The normalized spacial score (nSPS) is 10.7. The number of hydrogen-bond donors (Lipinski definition) is 1. The van der Waals surface area contributed by atoms with Crippen LogP contribution in [0.5, 0.6) is 0 Å². The van der Waals surface area contributed by atoms with Crippen LogP contribution >= 0.6 is 15.9 Å². The first-order valence-corrected chi connectivity index (χ1v) is 8.61. The van der Waals surface area contributed by atoms with Gasteiger partial charge in [0.1, 0.15) is 5.69 Å². The highest BCUT2D eigenvalue weighted by Gasteiger charge is 2.22. The van der Waals surface area contributed by atoms with E-state index in [4.69, 9.17) is 0 Å². The highest BCUT2D eigenvalue weighted by atomic mass is 79.9. The summed E-state index contributed by atoms with van der Waals surface area (Å²) in [6.07, 6.45) is 6.25. The molecule has 0 aliphatic heterocycles. The Hall–Kier alpha value is -2.65. The van der Waals surface area contributed by atoms with E-state index < -0.39 is 0 Å². The number of nitrogens with zero attached hydrogens (tertiary/aromatic N) is 1. The predicted molar refractivity (Wildman–Crippen MR) is 101 cm³/mol. The monoisotopic (exact) mass is 375 g/mol. The number of nitrogens with one attached hydrogen (secondary N) is 1. The van der Waals surface area contributed by atoms with Gasteiger partial charge < -0.3 is 4.98 Å². The summed E-state index contributed by atoms with van der Waals surface area (Å²) >= 11 is 3.51. The van der Waals surface area contributed by atoms with Gasteiger partial charge >= 0.3 is 0 Å². The Kier molecular flexibility index (Phi) is 4.01. The molecule has 24 heavy (non-hydrogen) atoms. The second kappa shape index (κ2) is 6.46. The zero-order chi connectivity index (χ0) is 16.4. The maximum atomic E-state index is 3.51. The number of aromatic nitrogens is 2. The first-order chi connectivity index (χ1) is 11.8. The van der Waals surface area contributed by atoms with Gasteiger partial charge in [-0.15, -0.1) is 0 Å². The number of halogens is 1. The summed E-state index contributed by atoms with van der Waals surface area (Å²) in [5.41, 5.74) is 5.81. The van der Waals surface area contributed by atoms with Crippen LogP contribution in [0.4, 0.5) is 0 Å². The lowest BCUT2D eigenvalue weighted by molar-refractivity contribution is -0.594. The van der Waals surface area contributed by atoms with Crippen LogP contribution in [-0.4, -0.2) is 4.98 Å². The minimum absolute atomic E-state index is 1.08. The highest BCUT2D eigenvalue weighted by molar-refractivity contribution is 9.10. The highest BCUT2D eigenvalue weighted by Crippen LogP contribution is 2.32. The first kappa shape index (κ1) is 14.9. The number of hydrogen-bond acceptors (Lipinski definition) is 0. The fraction of sp³-hybridized carbons (Fsp3) is 0. The van der Waals surface area contributed by atoms with Crippen molar-refractivity contribution in [2.24, 2.45) is 0 Å². The van der Waals surface area contributed by atoms with Crippen molar-refractivity contribution in [2.75, 3.05) is 0 Å². The molecule has 2 heterocycles. The van der Waals surface area contributed by atoms with Crippen molar-refractivity contribution in [1.29, 1.82) is 0 Å². The Labute approximate surface area is 149 Å². The molecule has 0 amide bonds. The topological polar surface area (TPSA) is 19.7 Å². The molecule has 0 spiro atoms. The van der Waals surface area contributed by atoms with E-state index >= 15 is 0 Å². The van der Waals surface area contributed by atoms with Gasteiger partial charge in [0.05, 0.1) is 5.56 Å². The van der Waals surface area contributed by atoms with E-state index in [1.165, 1.54) is 16.7 Å². The van der Waals surface area contributed by atoms with Crippen molar-refractivity contribution in [1.82, 2.24) is 4.98 Å². The second-order valence-electron chi connectivity index (χ2n) is 5.58. The van der Waals surface area contributed by atoms with E-state index in [0.29, 0.717) is 0 Å². The molecule has 4 rings (SSSR count). The van der Waals surface area contributed by atoms with Crippen molar-refractivity contribution < 1.29 is 4.57 Å². The average Bonchev–Trinajstić information content (AvgIpc) is 3.09. The first-order valence-electron chi connectivity index (χ1n) is 7.82. The van der Waals surface area contributed by atoms with E-state index in [1.54, 1.807) is 0 Å². The molecule has 2 nitrogen and oxygen atoms in total. The van der Waals surface area contributed by atoms with Crippen LogP contribution < -0.4 is 4.57 Å². The lowest BCUT2D eigenvalue weighted by atomic mass is 10.0. The van der Waals surface area contributed by atoms with Gasteiger partial charge in [0.25, 0.3) is 0 Å². The predicted octanol–water partition coefficient (Wildman–Crippen LogP) is 5.39. The number of rotatable bonds is 3. The molecule has 0 aliphatic carbocycles. The van der Waals surface area contributed by atoms with E-state index in [9.17, 15) is 0 Å². The number of pyridine rings is 1. The van der Waals surface area contributed by atoms with Crippen molar-refractivity contribution in [2.45, 2.75) is 0 Å². The summed E-state index contributed by atoms with van der Waals surface area (Å²) < 4.78 is 3.25. The molecule has 0 saturated heterocycles. The molecule has 116 valence electrons. The van der Waals surface area contributed by atoms with Crippen molar-refractivity contribution in [3.8, 4) is 28.1 Å². The smallest absolute Gasteiger partial charge is 0.244 e. The second-order valence-corrected chi connectivity index (χ2v) is 6.50. The number of benzene rings is 2. The Balaban J connectivity index is 1.95. The fourth-order valence-corrected chi connectivity index (χ4v) is 3.17. The maximum Gasteiger partial charge on any atom is 0.244 e. The van der Waals surface area contributed by atoms with E-state index in [-0.39, 0.29) is 0 Å². The molecular weight excluding hydrogens is 360 g/mol. The van der Waals surface area contributed by atoms with Crippen LogP contribution in [0.15, 0.2) is 95.9 Å². The van der Waals surface area contributed by atoms with Crippen LogP contribution in [0, 0.1) is 0 Å². The molecule has 0 atom stereocenters. The Morgan fingerprint density at radius 3 is 2.08 bits per heavy atom. The van der Waals surface area contributed by atoms with E-state index in [0.717, 1.165) is 15.9 Å². The van der Waals surface area contributed by atoms with Crippen LogP contribution in [-0.2, 0) is 0 Å². The molecule has 2 aromatic heterocycles. The van der Waals surface area contributed by atoms with Crippen molar-refractivity contribution in [3.63, 3.8) is 0 Å². The third-order valence-electron chi connectivity index (χ3n) is 4.04. The van der Waals surface area contributed by atoms with E-state index in [2.05, 4.69) is 92.6 Å². The third-order valence-corrected chi connectivity index (χ3v) is 4.57. The molecule has 2 aromatic carbocycles. The molecule has 0 radical (unpaired) electrons. The average molecular weight is 376 g/mol. The Morgan fingerprint density at radius 1 is 0.708 bits per heavy atom. The van der Waals surface area contributed by atoms with Gasteiger partial charge in [-0.1, -0.05) is 64.5 Å². The van der Waals surface area contributed by atoms with Gasteiger partial charge in [-0.05, 0) is 17.7 Å². The molecule has 0 aliphatic rings. The largest absolute Gasteiger partial charge is 0.355 e. The molecule has 0 bridgehead atoms. The molecule has 4 aromatic rings.